The maximum absolute atomic E-state index is 13.9. The van der Waals surface area contributed by atoms with Crippen LogP contribution in [0.3, 0.4) is 0 Å². The van der Waals surface area contributed by atoms with Gasteiger partial charge in [0.25, 0.3) is 0 Å². The Morgan fingerprint density at radius 2 is 1.73 bits per heavy atom. The van der Waals surface area contributed by atoms with Crippen LogP contribution in [0.1, 0.15) is 18.9 Å². The van der Waals surface area contributed by atoms with Crippen molar-refractivity contribution in [1.29, 1.82) is 0 Å². The van der Waals surface area contributed by atoms with Crippen LogP contribution in [0.2, 0.25) is 0 Å². The molecule has 1 aliphatic heterocycles. The highest BCUT2D eigenvalue weighted by atomic mass is 19.1. The van der Waals surface area contributed by atoms with Crippen LogP contribution in [-0.2, 0) is 11.2 Å². The van der Waals surface area contributed by atoms with Crippen LogP contribution in [0.15, 0.2) is 48.5 Å². The second kappa shape index (κ2) is 8.70. The Labute approximate surface area is 154 Å². The minimum atomic E-state index is -0.203. The number of halogens is 1. The van der Waals surface area contributed by atoms with E-state index in [1.54, 1.807) is 12.1 Å². The zero-order valence-corrected chi connectivity index (χ0v) is 15.2. The molecule has 0 spiro atoms. The lowest BCUT2D eigenvalue weighted by atomic mass is 10.1. The molecule has 26 heavy (non-hydrogen) atoms. The minimum Gasteiger partial charge on any atom is -0.385 e. The molecule has 1 heterocycles. The van der Waals surface area contributed by atoms with Crippen LogP contribution in [0.25, 0.3) is 0 Å². The normalized spacial score (nSPS) is 14.4. The number of carbonyl (C=O) groups excluding carboxylic acids is 1. The van der Waals surface area contributed by atoms with Gasteiger partial charge in [-0.2, -0.15) is 0 Å². The molecule has 0 aliphatic carbocycles. The van der Waals surface area contributed by atoms with Gasteiger partial charge in [0.2, 0.25) is 5.91 Å². The van der Waals surface area contributed by atoms with Crippen LogP contribution >= 0.6 is 0 Å². The van der Waals surface area contributed by atoms with E-state index in [9.17, 15) is 9.18 Å². The Morgan fingerprint density at radius 1 is 1.04 bits per heavy atom. The first-order chi connectivity index (χ1) is 12.7. The van der Waals surface area contributed by atoms with Crippen molar-refractivity contribution in [1.82, 2.24) is 4.90 Å². The van der Waals surface area contributed by atoms with Crippen molar-refractivity contribution in [3.05, 3.63) is 59.9 Å². The van der Waals surface area contributed by atoms with Gasteiger partial charge in [-0.1, -0.05) is 31.2 Å². The highest BCUT2D eigenvalue weighted by molar-refractivity contribution is 5.77. The number of carbonyl (C=O) groups is 1. The van der Waals surface area contributed by atoms with E-state index in [-0.39, 0.29) is 11.7 Å². The molecule has 0 unspecified atom stereocenters. The molecule has 0 atom stereocenters. The van der Waals surface area contributed by atoms with Crippen molar-refractivity contribution < 1.29 is 9.18 Å². The summed E-state index contributed by atoms with van der Waals surface area (Å²) in [6, 6.07) is 15.1. The number of nitrogens with one attached hydrogen (secondary N) is 1. The molecule has 1 amide bonds. The number of hydrogen-bond donors (Lipinski definition) is 1. The van der Waals surface area contributed by atoms with E-state index < -0.39 is 0 Å². The van der Waals surface area contributed by atoms with Crippen molar-refractivity contribution in [3.63, 3.8) is 0 Å². The standard InChI is InChI=1S/C21H26FN3O/c1-2-17-7-9-18(10-8-17)23-12-11-21(26)25-15-13-24(14-16-25)20-6-4-3-5-19(20)22/h3-10,23H,2,11-16H2,1H3. The van der Waals surface area contributed by atoms with E-state index in [0.29, 0.717) is 44.8 Å². The average Bonchev–Trinajstić information content (AvgIpc) is 2.69. The summed E-state index contributed by atoms with van der Waals surface area (Å²) in [7, 11) is 0. The second-order valence-electron chi connectivity index (χ2n) is 6.55. The van der Waals surface area contributed by atoms with Crippen molar-refractivity contribution in [2.45, 2.75) is 19.8 Å². The van der Waals surface area contributed by atoms with Gasteiger partial charge in [-0.25, -0.2) is 4.39 Å². The first kappa shape index (κ1) is 18.2. The highest BCUT2D eigenvalue weighted by Gasteiger charge is 2.22. The lowest BCUT2D eigenvalue weighted by Gasteiger charge is -2.36. The molecule has 1 saturated heterocycles. The third kappa shape index (κ3) is 4.54. The quantitative estimate of drug-likeness (QED) is 0.861. The van der Waals surface area contributed by atoms with Crippen LogP contribution in [0.4, 0.5) is 15.8 Å². The Kier molecular flexibility index (Phi) is 6.10. The number of piperazine rings is 1. The molecule has 0 radical (unpaired) electrons. The van der Waals surface area contributed by atoms with Gasteiger partial charge in [0.05, 0.1) is 5.69 Å². The number of anilines is 2. The summed E-state index contributed by atoms with van der Waals surface area (Å²) < 4.78 is 13.9. The molecule has 1 fully saturated rings. The fourth-order valence-electron chi connectivity index (χ4n) is 3.24. The Balaban J connectivity index is 1.43. The summed E-state index contributed by atoms with van der Waals surface area (Å²) in [6.45, 7) is 5.36. The SMILES string of the molecule is CCc1ccc(NCCC(=O)N2CCN(c3ccccc3F)CC2)cc1. The molecule has 0 bridgehead atoms. The van der Waals surface area contributed by atoms with Crippen molar-refractivity contribution >= 4 is 17.3 Å². The van der Waals surface area contributed by atoms with E-state index in [0.717, 1.165) is 12.1 Å². The number of amides is 1. The van der Waals surface area contributed by atoms with E-state index in [2.05, 4.69) is 36.5 Å². The summed E-state index contributed by atoms with van der Waals surface area (Å²) >= 11 is 0. The summed E-state index contributed by atoms with van der Waals surface area (Å²) in [6.07, 6.45) is 1.49. The van der Waals surface area contributed by atoms with Gasteiger partial charge in [0.1, 0.15) is 5.82 Å². The molecule has 0 aromatic heterocycles. The predicted octanol–water partition coefficient (Wildman–Crippen LogP) is 3.54. The smallest absolute Gasteiger partial charge is 0.224 e. The van der Waals surface area contributed by atoms with Gasteiger partial charge >= 0.3 is 0 Å². The molecule has 0 saturated carbocycles. The first-order valence-corrected chi connectivity index (χ1v) is 9.27. The van der Waals surface area contributed by atoms with Crippen LogP contribution in [0, 0.1) is 5.82 Å². The summed E-state index contributed by atoms with van der Waals surface area (Å²) in [4.78, 5) is 16.3. The zero-order valence-electron chi connectivity index (χ0n) is 15.2. The van der Waals surface area contributed by atoms with E-state index in [1.165, 1.54) is 11.6 Å². The monoisotopic (exact) mass is 355 g/mol. The van der Waals surface area contributed by atoms with Gasteiger partial charge in [-0.05, 0) is 36.2 Å². The molecule has 2 aromatic rings. The minimum absolute atomic E-state index is 0.149. The molecule has 3 rings (SSSR count). The largest absolute Gasteiger partial charge is 0.385 e. The van der Waals surface area contributed by atoms with Crippen molar-refractivity contribution in [2.75, 3.05) is 42.9 Å². The van der Waals surface area contributed by atoms with Gasteiger partial charge in [0.15, 0.2) is 0 Å². The number of rotatable bonds is 6. The van der Waals surface area contributed by atoms with E-state index in [1.807, 2.05) is 15.9 Å². The fourth-order valence-corrected chi connectivity index (χ4v) is 3.24. The van der Waals surface area contributed by atoms with E-state index >= 15 is 0 Å². The van der Waals surface area contributed by atoms with Crippen molar-refractivity contribution in [2.24, 2.45) is 0 Å². The summed E-state index contributed by atoms with van der Waals surface area (Å²) in [5, 5.41) is 3.30. The van der Waals surface area contributed by atoms with Crippen LogP contribution in [0.5, 0.6) is 0 Å². The molecule has 1 aliphatic rings. The number of para-hydroxylation sites is 1. The lowest BCUT2D eigenvalue weighted by molar-refractivity contribution is -0.131. The molecular formula is C21H26FN3O. The third-order valence-corrected chi connectivity index (χ3v) is 4.86. The van der Waals surface area contributed by atoms with Crippen LogP contribution < -0.4 is 10.2 Å². The fraction of sp³-hybridized carbons (Fsp3) is 0.381. The average molecular weight is 355 g/mol. The van der Waals surface area contributed by atoms with Gasteiger partial charge in [-0.3, -0.25) is 4.79 Å². The summed E-state index contributed by atoms with van der Waals surface area (Å²) in [5.41, 5.74) is 2.97. The number of nitrogens with zero attached hydrogens (tertiary/aromatic N) is 2. The molecule has 5 heteroatoms. The Hall–Kier alpha value is -2.56. The maximum Gasteiger partial charge on any atom is 0.224 e. The third-order valence-electron chi connectivity index (χ3n) is 4.86. The number of benzene rings is 2. The van der Waals surface area contributed by atoms with E-state index in [4.69, 9.17) is 0 Å². The molecule has 4 nitrogen and oxygen atoms in total. The van der Waals surface area contributed by atoms with Gasteiger partial charge in [-0.15, -0.1) is 0 Å². The molecular weight excluding hydrogens is 329 g/mol. The first-order valence-electron chi connectivity index (χ1n) is 9.27. The highest BCUT2D eigenvalue weighted by Crippen LogP contribution is 2.20. The Morgan fingerprint density at radius 3 is 2.38 bits per heavy atom. The van der Waals surface area contributed by atoms with Gasteiger partial charge < -0.3 is 15.1 Å². The second-order valence-corrected chi connectivity index (χ2v) is 6.55. The topological polar surface area (TPSA) is 35.6 Å². The molecule has 1 N–H and O–H groups in total. The number of aryl methyl sites for hydroxylation is 1. The van der Waals surface area contributed by atoms with Gasteiger partial charge in [0, 0.05) is 44.8 Å². The summed E-state index contributed by atoms with van der Waals surface area (Å²) in [5.74, 6) is -0.0542. The van der Waals surface area contributed by atoms with Crippen LogP contribution in [-0.4, -0.2) is 43.5 Å². The Bertz CT molecular complexity index is 724. The maximum atomic E-state index is 13.9. The molecule has 138 valence electrons. The predicted molar refractivity (Wildman–Crippen MR) is 104 cm³/mol. The number of hydrogen-bond acceptors (Lipinski definition) is 3. The van der Waals surface area contributed by atoms with Crippen molar-refractivity contribution in [3.8, 4) is 0 Å². The zero-order chi connectivity index (χ0) is 18.4. The lowest BCUT2D eigenvalue weighted by Crippen LogP contribution is -2.49. The molecule has 2 aromatic carbocycles.